The van der Waals surface area contributed by atoms with Gasteiger partial charge in [-0.2, -0.15) is 9.97 Å². The lowest BCUT2D eigenvalue weighted by Gasteiger charge is -2.10. The number of H-pyrrole nitrogens is 1. The van der Waals surface area contributed by atoms with Gasteiger partial charge in [-0.15, -0.1) is 0 Å². The summed E-state index contributed by atoms with van der Waals surface area (Å²) in [6.45, 7) is 3.43. The van der Waals surface area contributed by atoms with Crippen LogP contribution in [0.2, 0.25) is 0 Å². The van der Waals surface area contributed by atoms with Crippen molar-refractivity contribution < 1.29 is 4.74 Å². The van der Waals surface area contributed by atoms with Gasteiger partial charge in [0.1, 0.15) is 5.52 Å². The average Bonchev–Trinajstić information content (AvgIpc) is 3.10. The molecule has 0 radical (unpaired) electrons. The van der Waals surface area contributed by atoms with Crippen LogP contribution in [0.3, 0.4) is 0 Å². The molecular formula is C18H24N6O. The summed E-state index contributed by atoms with van der Waals surface area (Å²) in [7, 11) is 1.66. The van der Waals surface area contributed by atoms with Crippen molar-refractivity contribution in [3.05, 3.63) is 36.2 Å². The molecule has 132 valence electrons. The number of aromatic amines is 1. The average molecular weight is 340 g/mol. The number of rotatable bonds is 9. The van der Waals surface area contributed by atoms with E-state index >= 15 is 0 Å². The smallest absolute Gasteiger partial charge is 0.226 e. The van der Waals surface area contributed by atoms with Gasteiger partial charge in [-0.1, -0.05) is 25.5 Å². The molecule has 0 saturated carbocycles. The van der Waals surface area contributed by atoms with E-state index in [1.54, 1.807) is 13.4 Å². The van der Waals surface area contributed by atoms with Gasteiger partial charge in [0, 0.05) is 19.3 Å². The third kappa shape index (κ3) is 4.45. The Morgan fingerprint density at radius 1 is 1.16 bits per heavy atom. The zero-order valence-electron chi connectivity index (χ0n) is 14.7. The Morgan fingerprint density at radius 2 is 2.00 bits per heavy atom. The number of ether oxygens (including phenoxy) is 1. The lowest BCUT2D eigenvalue weighted by molar-refractivity contribution is 0.210. The number of fused-ring (bicyclic) bond motifs is 1. The van der Waals surface area contributed by atoms with Gasteiger partial charge in [0.2, 0.25) is 5.95 Å². The number of nitrogens with one attached hydrogen (secondary N) is 3. The first-order chi connectivity index (χ1) is 12.3. The molecule has 0 spiro atoms. The predicted octanol–water partition coefficient (Wildman–Crippen LogP) is 3.50. The van der Waals surface area contributed by atoms with Crippen LogP contribution >= 0.6 is 0 Å². The minimum atomic E-state index is 0.527. The third-order valence-electron chi connectivity index (χ3n) is 3.91. The molecule has 0 bridgehead atoms. The molecule has 0 aliphatic carbocycles. The summed E-state index contributed by atoms with van der Waals surface area (Å²) >= 11 is 0. The second-order valence-electron chi connectivity index (χ2n) is 5.84. The van der Waals surface area contributed by atoms with Crippen molar-refractivity contribution >= 4 is 28.6 Å². The molecule has 3 N–H and O–H groups in total. The summed E-state index contributed by atoms with van der Waals surface area (Å²) in [5.74, 6) is 1.22. The van der Waals surface area contributed by atoms with E-state index in [0.717, 1.165) is 17.6 Å². The molecule has 25 heavy (non-hydrogen) atoms. The fourth-order valence-corrected chi connectivity index (χ4v) is 2.54. The second kappa shape index (κ2) is 8.43. The van der Waals surface area contributed by atoms with Gasteiger partial charge < -0.3 is 20.4 Å². The number of aryl methyl sites for hydroxylation is 1. The fraction of sp³-hybridized carbons (Fsp3) is 0.389. The quantitative estimate of drug-likeness (QED) is 0.517. The highest BCUT2D eigenvalue weighted by atomic mass is 16.5. The molecule has 0 fully saturated rings. The van der Waals surface area contributed by atoms with E-state index in [4.69, 9.17) is 4.74 Å². The summed E-state index contributed by atoms with van der Waals surface area (Å²) in [5, 5.41) is 6.50. The summed E-state index contributed by atoms with van der Waals surface area (Å²) < 4.78 is 5.05. The van der Waals surface area contributed by atoms with Gasteiger partial charge in [0.25, 0.3) is 0 Å². The minimum Gasteiger partial charge on any atom is -0.383 e. The maximum atomic E-state index is 5.05. The number of unbranched alkanes of at least 4 members (excludes halogenated alkanes) is 1. The highest BCUT2D eigenvalue weighted by molar-refractivity contribution is 5.86. The van der Waals surface area contributed by atoms with E-state index in [1.165, 1.54) is 18.4 Å². The third-order valence-corrected chi connectivity index (χ3v) is 3.91. The zero-order valence-corrected chi connectivity index (χ0v) is 14.7. The molecule has 2 aromatic heterocycles. The van der Waals surface area contributed by atoms with Gasteiger partial charge in [-0.3, -0.25) is 0 Å². The summed E-state index contributed by atoms with van der Waals surface area (Å²) in [5.41, 5.74) is 3.74. The van der Waals surface area contributed by atoms with Gasteiger partial charge >= 0.3 is 0 Å². The Bertz CT molecular complexity index is 799. The van der Waals surface area contributed by atoms with Crippen LogP contribution in [0, 0.1) is 0 Å². The van der Waals surface area contributed by atoms with E-state index in [1.807, 2.05) is 0 Å². The Balaban J connectivity index is 1.78. The van der Waals surface area contributed by atoms with Gasteiger partial charge in [0.05, 0.1) is 12.9 Å². The topological polar surface area (TPSA) is 87.8 Å². The largest absolute Gasteiger partial charge is 0.383 e. The summed E-state index contributed by atoms with van der Waals surface area (Å²) in [4.78, 5) is 16.3. The maximum Gasteiger partial charge on any atom is 0.226 e. The first-order valence-corrected chi connectivity index (χ1v) is 8.60. The van der Waals surface area contributed by atoms with Crippen LogP contribution in [0.4, 0.5) is 17.5 Å². The van der Waals surface area contributed by atoms with Crippen molar-refractivity contribution in [1.29, 1.82) is 0 Å². The van der Waals surface area contributed by atoms with E-state index < -0.39 is 0 Å². The van der Waals surface area contributed by atoms with Crippen LogP contribution in [0.25, 0.3) is 11.2 Å². The lowest BCUT2D eigenvalue weighted by Crippen LogP contribution is -2.11. The number of imidazole rings is 1. The predicted molar refractivity (Wildman–Crippen MR) is 100 cm³/mol. The number of hydrogen-bond acceptors (Lipinski definition) is 6. The highest BCUT2D eigenvalue weighted by Crippen LogP contribution is 2.23. The van der Waals surface area contributed by atoms with E-state index in [9.17, 15) is 0 Å². The molecule has 0 unspecified atom stereocenters. The molecule has 0 amide bonds. The second-order valence-corrected chi connectivity index (χ2v) is 5.84. The molecule has 1 aromatic carbocycles. The van der Waals surface area contributed by atoms with E-state index in [0.29, 0.717) is 30.6 Å². The van der Waals surface area contributed by atoms with Crippen LogP contribution in [0.1, 0.15) is 25.3 Å². The van der Waals surface area contributed by atoms with Crippen LogP contribution in [-0.2, 0) is 11.2 Å². The molecule has 7 heteroatoms. The SMILES string of the molecule is CCCCc1ccc(Nc2nc(NCCOC)nc3nc[nH]c23)cc1. The van der Waals surface area contributed by atoms with Crippen molar-refractivity contribution in [2.24, 2.45) is 0 Å². The molecule has 0 atom stereocenters. The summed E-state index contributed by atoms with van der Waals surface area (Å²) in [6, 6.07) is 8.46. The van der Waals surface area contributed by atoms with Gasteiger partial charge in [-0.25, -0.2) is 4.98 Å². The highest BCUT2D eigenvalue weighted by Gasteiger charge is 2.10. The number of benzene rings is 1. The Morgan fingerprint density at radius 3 is 2.76 bits per heavy atom. The first kappa shape index (κ1) is 17.2. The number of anilines is 3. The van der Waals surface area contributed by atoms with Crippen LogP contribution in [0.15, 0.2) is 30.6 Å². The Hall–Kier alpha value is -2.67. The zero-order chi connectivity index (χ0) is 17.5. The minimum absolute atomic E-state index is 0.527. The molecule has 0 aliphatic heterocycles. The number of hydrogen-bond donors (Lipinski definition) is 3. The Kier molecular flexibility index (Phi) is 5.79. The number of aromatic nitrogens is 4. The molecule has 3 rings (SSSR count). The molecule has 2 heterocycles. The lowest BCUT2D eigenvalue weighted by atomic mass is 10.1. The standard InChI is InChI=1S/C18H24N6O/c1-3-4-5-13-6-8-14(9-7-13)22-17-15-16(21-12-20-15)23-18(24-17)19-10-11-25-2/h6-9,12H,3-5,10-11H2,1-2H3,(H3,19,20,21,22,23,24). The molecule has 3 aromatic rings. The van der Waals surface area contributed by atoms with Gasteiger partial charge in [-0.05, 0) is 30.5 Å². The number of nitrogens with zero attached hydrogens (tertiary/aromatic N) is 3. The van der Waals surface area contributed by atoms with Crippen molar-refractivity contribution in [3.63, 3.8) is 0 Å². The maximum absolute atomic E-state index is 5.05. The Labute approximate surface area is 147 Å². The number of methoxy groups -OCH3 is 1. The molecule has 0 aliphatic rings. The molecule has 7 nitrogen and oxygen atoms in total. The van der Waals surface area contributed by atoms with Crippen molar-refractivity contribution in [1.82, 2.24) is 19.9 Å². The normalized spacial score (nSPS) is 11.0. The van der Waals surface area contributed by atoms with E-state index in [-0.39, 0.29) is 0 Å². The molecular weight excluding hydrogens is 316 g/mol. The van der Waals surface area contributed by atoms with Crippen molar-refractivity contribution in [3.8, 4) is 0 Å². The van der Waals surface area contributed by atoms with Crippen LogP contribution in [-0.4, -0.2) is 40.2 Å². The summed E-state index contributed by atoms with van der Waals surface area (Å²) in [6.07, 6.45) is 5.15. The van der Waals surface area contributed by atoms with Crippen LogP contribution in [0.5, 0.6) is 0 Å². The van der Waals surface area contributed by atoms with E-state index in [2.05, 4.69) is 61.8 Å². The van der Waals surface area contributed by atoms with Crippen molar-refractivity contribution in [2.75, 3.05) is 30.9 Å². The van der Waals surface area contributed by atoms with Crippen LogP contribution < -0.4 is 10.6 Å². The monoisotopic (exact) mass is 340 g/mol. The molecule has 0 saturated heterocycles. The van der Waals surface area contributed by atoms with Crippen molar-refractivity contribution in [2.45, 2.75) is 26.2 Å². The van der Waals surface area contributed by atoms with Gasteiger partial charge in [0.15, 0.2) is 11.5 Å². The first-order valence-electron chi connectivity index (χ1n) is 8.60. The fourth-order valence-electron chi connectivity index (χ4n) is 2.54.